The highest BCUT2D eigenvalue weighted by Gasteiger charge is 2.37. The second-order valence-corrected chi connectivity index (χ2v) is 21.9. The molecule has 3 amide bonds. The summed E-state index contributed by atoms with van der Waals surface area (Å²) in [6, 6.07) is 18.9. The van der Waals surface area contributed by atoms with Gasteiger partial charge in [-0.05, 0) is 101 Å². The average Bonchev–Trinajstić information content (AvgIpc) is 3.33. The lowest BCUT2D eigenvalue weighted by atomic mass is 9.76. The molecule has 23 heteroatoms. The van der Waals surface area contributed by atoms with E-state index in [1.54, 1.807) is 26.8 Å². The summed E-state index contributed by atoms with van der Waals surface area (Å²) in [7, 11) is -4.78. The first-order valence-electron chi connectivity index (χ1n) is 23.0. The van der Waals surface area contributed by atoms with Gasteiger partial charge in [-0.3, -0.25) is 33.5 Å². The SMILES string of the molecule is CCC(C)(C)c1ccc(OOC(=O)CCC(=O)Nc2ccc(Cl)c(NC(=O)C(Oc3ccc(N=Nc4c(SOOO)cc5cc(S(=O)(=O)O)cc(NC(C)=O)c5c4O)cc3)C(=O)C(C)(C)C)c2)c(C(C)(C)CC)c1. The van der Waals surface area contributed by atoms with Gasteiger partial charge in [0, 0.05) is 35.4 Å². The predicted molar refractivity (Wildman–Crippen MR) is 278 cm³/mol. The summed E-state index contributed by atoms with van der Waals surface area (Å²) in [5.41, 5.74) is 0.480. The second-order valence-electron chi connectivity index (χ2n) is 19.3. The highest BCUT2D eigenvalue weighted by Crippen LogP contribution is 2.47. The number of hydrogen-bond acceptors (Lipinski definition) is 17. The van der Waals surface area contributed by atoms with Crippen molar-refractivity contribution >= 4 is 102 Å². The molecule has 0 radical (unpaired) electrons. The van der Waals surface area contributed by atoms with Crippen LogP contribution in [0.5, 0.6) is 17.2 Å². The molecule has 0 bridgehead atoms. The number of ether oxygens (including phenoxy) is 1. The van der Waals surface area contributed by atoms with Crippen LogP contribution in [0.1, 0.15) is 106 Å². The monoisotopic (exact) mass is 1080 g/mol. The first-order chi connectivity index (χ1) is 34.6. The Balaban J connectivity index is 1.28. The number of carbonyl (C=O) groups is 5. The van der Waals surface area contributed by atoms with Crippen LogP contribution in [0, 0.1) is 5.41 Å². The van der Waals surface area contributed by atoms with E-state index in [2.05, 4.69) is 83.2 Å². The molecule has 6 N–H and O–H groups in total. The number of halogens is 1. The van der Waals surface area contributed by atoms with Crippen molar-refractivity contribution in [3.05, 3.63) is 95.0 Å². The normalized spacial score (nSPS) is 12.6. The van der Waals surface area contributed by atoms with Gasteiger partial charge >= 0.3 is 5.97 Å². The molecule has 0 saturated carbocycles. The van der Waals surface area contributed by atoms with Gasteiger partial charge in [-0.25, -0.2) is 10.1 Å². The van der Waals surface area contributed by atoms with Gasteiger partial charge in [0.05, 0.1) is 50.3 Å². The number of fused-ring (bicyclic) bond motifs is 1. The highest BCUT2D eigenvalue weighted by atomic mass is 35.5. The van der Waals surface area contributed by atoms with Gasteiger partial charge in [0.25, 0.3) is 16.0 Å². The molecule has 0 aliphatic carbocycles. The number of nitrogens with one attached hydrogen (secondary N) is 3. The summed E-state index contributed by atoms with van der Waals surface area (Å²) in [5.74, 6) is -3.64. The number of phenolic OH excluding ortho intramolecular Hbond substituents is 1. The first-order valence-corrected chi connectivity index (χ1v) is 25.5. The molecule has 5 rings (SSSR count). The Labute approximate surface area is 437 Å². The lowest BCUT2D eigenvalue weighted by Gasteiger charge is -2.29. The van der Waals surface area contributed by atoms with E-state index >= 15 is 0 Å². The molecule has 0 spiro atoms. The Morgan fingerprint density at radius 2 is 1.47 bits per heavy atom. The van der Waals surface area contributed by atoms with E-state index in [9.17, 15) is 42.0 Å². The number of ketones is 1. The second kappa shape index (κ2) is 24.1. The highest BCUT2D eigenvalue weighted by molar-refractivity contribution is 7.94. The van der Waals surface area contributed by atoms with Crippen LogP contribution in [-0.4, -0.2) is 58.9 Å². The van der Waals surface area contributed by atoms with Crippen LogP contribution < -0.4 is 25.6 Å². The van der Waals surface area contributed by atoms with Crippen LogP contribution in [0.4, 0.5) is 28.4 Å². The van der Waals surface area contributed by atoms with Crippen molar-refractivity contribution in [1.29, 1.82) is 0 Å². The van der Waals surface area contributed by atoms with Crippen LogP contribution in [0.25, 0.3) is 10.8 Å². The van der Waals surface area contributed by atoms with Gasteiger partial charge in [-0.2, -0.15) is 13.5 Å². The molecule has 20 nitrogen and oxygen atoms in total. The molecular weight excluding hydrogens is 1020 g/mol. The van der Waals surface area contributed by atoms with Crippen molar-refractivity contribution in [2.24, 2.45) is 15.6 Å². The zero-order valence-electron chi connectivity index (χ0n) is 42.2. The number of azo groups is 1. The van der Waals surface area contributed by atoms with Gasteiger partial charge in [-0.1, -0.05) is 91.1 Å². The number of rotatable bonds is 22. The molecule has 0 aliphatic heterocycles. The average molecular weight is 1080 g/mol. The molecule has 0 fully saturated rings. The molecule has 5 aromatic carbocycles. The van der Waals surface area contributed by atoms with E-state index in [0.29, 0.717) is 17.8 Å². The van der Waals surface area contributed by atoms with Crippen LogP contribution in [-0.2, 0) is 59.2 Å². The largest absolute Gasteiger partial charge is 0.505 e. The number of phenols is 1. The summed E-state index contributed by atoms with van der Waals surface area (Å²) in [6.45, 7) is 18.6. The molecule has 1 atom stereocenters. The minimum atomic E-state index is -4.78. The summed E-state index contributed by atoms with van der Waals surface area (Å²) in [6.07, 6.45) is -0.589. The number of nitrogens with zero attached hydrogens (tertiary/aromatic N) is 2. The summed E-state index contributed by atoms with van der Waals surface area (Å²) in [4.78, 5) is 75.4. The van der Waals surface area contributed by atoms with Crippen LogP contribution >= 0.6 is 23.6 Å². The van der Waals surface area contributed by atoms with E-state index in [-0.39, 0.29) is 78.5 Å². The van der Waals surface area contributed by atoms with Crippen molar-refractivity contribution < 1.29 is 71.2 Å². The van der Waals surface area contributed by atoms with Gasteiger partial charge in [0.15, 0.2) is 17.3 Å². The van der Waals surface area contributed by atoms with Gasteiger partial charge in [-0.15, -0.1) is 9.45 Å². The molecule has 396 valence electrons. The Hall–Kier alpha value is -6.66. The maximum absolute atomic E-state index is 13.9. The summed E-state index contributed by atoms with van der Waals surface area (Å²) < 4.78 is 44.3. The maximum atomic E-state index is 13.9. The molecule has 0 aliphatic rings. The van der Waals surface area contributed by atoms with E-state index in [1.165, 1.54) is 48.5 Å². The van der Waals surface area contributed by atoms with Crippen LogP contribution in [0.15, 0.2) is 98.9 Å². The number of amides is 3. The van der Waals surface area contributed by atoms with Crippen molar-refractivity contribution in [2.45, 2.75) is 122 Å². The van der Waals surface area contributed by atoms with Gasteiger partial charge in [0.2, 0.25) is 17.9 Å². The zero-order valence-corrected chi connectivity index (χ0v) is 44.6. The fraction of sp³-hybridized carbons (Fsp3) is 0.353. The van der Waals surface area contributed by atoms with Crippen LogP contribution in [0.2, 0.25) is 5.02 Å². The Kier molecular flexibility index (Phi) is 19.0. The summed E-state index contributed by atoms with van der Waals surface area (Å²) in [5, 5.41) is 39.8. The van der Waals surface area contributed by atoms with Crippen molar-refractivity contribution in [3.63, 3.8) is 0 Å². The number of hydrogen-bond donors (Lipinski definition) is 6. The third-order valence-electron chi connectivity index (χ3n) is 12.0. The predicted octanol–water partition coefficient (Wildman–Crippen LogP) is 11.9. The number of Topliss-reactive ketones (excluding diaryl/α,β-unsaturated/α-hetero) is 1. The van der Waals surface area contributed by atoms with E-state index in [0.717, 1.165) is 43.0 Å². The first kappa shape index (κ1) is 58.2. The Morgan fingerprint density at radius 1 is 0.797 bits per heavy atom. The number of carbonyl (C=O) groups excluding carboxylic acids is 5. The lowest BCUT2D eigenvalue weighted by Crippen LogP contribution is -2.45. The molecule has 74 heavy (non-hydrogen) atoms. The summed E-state index contributed by atoms with van der Waals surface area (Å²) >= 11 is 6.81. The van der Waals surface area contributed by atoms with Gasteiger partial charge < -0.3 is 25.8 Å². The van der Waals surface area contributed by atoms with Crippen molar-refractivity contribution in [1.82, 2.24) is 0 Å². The third-order valence-corrected chi connectivity index (χ3v) is 13.8. The lowest BCUT2D eigenvalue weighted by molar-refractivity contribution is -0.432. The minimum absolute atomic E-state index is 0.00630. The van der Waals surface area contributed by atoms with E-state index in [1.807, 2.05) is 6.07 Å². The third kappa shape index (κ3) is 15.0. The molecule has 0 saturated heterocycles. The smallest absolute Gasteiger partial charge is 0.355 e. The fourth-order valence-corrected chi connectivity index (χ4v) is 8.18. The fourth-order valence-electron chi connectivity index (χ4n) is 6.98. The minimum Gasteiger partial charge on any atom is -0.505 e. The Bertz CT molecular complexity index is 3090. The number of aromatic hydroxyl groups is 1. The Morgan fingerprint density at radius 3 is 2.08 bits per heavy atom. The molecule has 0 heterocycles. The van der Waals surface area contributed by atoms with E-state index in [4.69, 9.17) is 31.4 Å². The van der Waals surface area contributed by atoms with E-state index < -0.39 is 61.8 Å². The number of benzene rings is 5. The van der Waals surface area contributed by atoms with Crippen molar-refractivity contribution in [2.75, 3.05) is 16.0 Å². The van der Waals surface area contributed by atoms with Crippen LogP contribution in [0.3, 0.4) is 0 Å². The topological polar surface area (TPSA) is 287 Å². The quantitative estimate of drug-likeness (QED) is 0.00938. The molecule has 5 aromatic rings. The van der Waals surface area contributed by atoms with Crippen molar-refractivity contribution in [3.8, 4) is 17.2 Å². The van der Waals surface area contributed by atoms with Gasteiger partial charge in [0.1, 0.15) is 11.4 Å². The standard InChI is InChI=1S/C51H58ClN5O15S2/c1-11-50(7,8)30-13-20-39(35(25-30)51(9,10)12-2)69-70-42(60)22-21-41(59)54-32-16-19-36(52)37(26-32)55-48(63)46(47(62)49(4,5)6)68-33-17-14-31(15-18-33)56-57-44-40(73-72-71-64)24-29-23-34(74(65,66)67)27-38(53-28(3)58)43(29)45(44)61/h13-20,23-27,46,61,64H,11-12,21-22H2,1-10H3,(H,53,58)(H,54,59)(H,55,63)(H,65,66,67). The molecule has 0 aromatic heterocycles. The maximum Gasteiger partial charge on any atom is 0.355 e. The molecule has 1 unspecified atom stereocenters. The molecular formula is C51H58ClN5O15S2. The number of anilines is 3. The zero-order chi connectivity index (χ0) is 54.9.